The Morgan fingerprint density at radius 2 is 2.27 bits per heavy atom. The van der Waals surface area contributed by atoms with E-state index in [-0.39, 0.29) is 29.6 Å². The van der Waals surface area contributed by atoms with Crippen LogP contribution >= 0.6 is 0 Å². The zero-order valence-electron chi connectivity index (χ0n) is 4.94. The fourth-order valence-corrected chi connectivity index (χ4v) is 0.660. The Morgan fingerprint density at radius 1 is 1.36 bits per heavy atom. The van der Waals surface area contributed by atoms with Gasteiger partial charge in [-0.05, 0) is 16.5 Å². The molecule has 0 unspecified atom stereocenters. The topological polar surface area (TPSA) is 83.1 Å². The molecule has 0 aliphatic rings. The molecule has 2 aromatic heterocycles. The van der Waals surface area contributed by atoms with Gasteiger partial charge in [0.15, 0.2) is 5.82 Å². The number of nitrogens with zero attached hydrogens (tertiary/aromatic N) is 4. The molecule has 11 heavy (non-hydrogen) atoms. The summed E-state index contributed by atoms with van der Waals surface area (Å²) >= 11 is 0. The predicted octanol–water partition coefficient (Wildman–Crippen LogP) is -1.06. The maximum Gasteiger partial charge on any atom is 0.199 e. The minimum Gasteiger partial charge on any atom is -0.285 e. The smallest absolute Gasteiger partial charge is 0.199 e. The molecule has 2 aromatic rings. The first-order valence-corrected chi connectivity index (χ1v) is 2.71. The molecule has 0 amide bonds. The molecule has 0 atom stereocenters. The van der Waals surface area contributed by atoms with Crippen LogP contribution in [0.25, 0.3) is 11.5 Å². The number of rotatable bonds is 1. The van der Waals surface area contributed by atoms with E-state index in [1.54, 1.807) is 12.3 Å². The van der Waals surface area contributed by atoms with Crippen LogP contribution in [-0.4, -0.2) is 60.4 Å². The summed E-state index contributed by atoms with van der Waals surface area (Å²) < 4.78 is 0. The third-order valence-corrected chi connectivity index (χ3v) is 1.09. The van der Waals surface area contributed by atoms with Gasteiger partial charge < -0.3 is 0 Å². The molecule has 52 valence electrons. The first kappa shape index (κ1) is 8.38. The molecular weight excluding hydrogens is 155 g/mol. The minimum absolute atomic E-state index is 0. The molecule has 0 aliphatic carbocycles. The molecule has 0 aromatic carbocycles. The summed E-state index contributed by atoms with van der Waals surface area (Å²) in [6.07, 6.45) is 1.71. The van der Waals surface area contributed by atoms with Gasteiger partial charge in [0.1, 0.15) is 5.69 Å². The van der Waals surface area contributed by atoms with Crippen LogP contribution in [0.15, 0.2) is 12.3 Å². The minimum atomic E-state index is 0. The van der Waals surface area contributed by atoms with E-state index in [1.165, 1.54) is 0 Å². The van der Waals surface area contributed by atoms with Gasteiger partial charge in [-0.3, -0.25) is 5.10 Å². The van der Waals surface area contributed by atoms with E-state index in [2.05, 4.69) is 30.8 Å². The Morgan fingerprint density at radius 3 is 2.82 bits per heavy atom. The average Bonchev–Trinajstić information content (AvgIpc) is 2.59. The van der Waals surface area contributed by atoms with Crippen molar-refractivity contribution in [3.8, 4) is 11.5 Å². The monoisotopic (exact) mass is 160 g/mol. The van der Waals surface area contributed by atoms with Gasteiger partial charge in [-0.1, -0.05) is 0 Å². The maximum atomic E-state index is 3.86. The number of aromatic nitrogens is 6. The first-order valence-electron chi connectivity index (χ1n) is 2.71. The SMILES string of the molecule is [NaH].c1cc(-c2nnn[nH]2)n[nH]1. The van der Waals surface area contributed by atoms with Crippen LogP contribution in [0.4, 0.5) is 0 Å². The molecule has 2 rings (SSSR count). The summed E-state index contributed by atoms with van der Waals surface area (Å²) in [5.41, 5.74) is 0.713. The zero-order chi connectivity index (χ0) is 6.81. The van der Waals surface area contributed by atoms with Crippen molar-refractivity contribution < 1.29 is 0 Å². The van der Waals surface area contributed by atoms with E-state index in [9.17, 15) is 0 Å². The Balaban J connectivity index is 0.000000605. The van der Waals surface area contributed by atoms with Crippen LogP contribution < -0.4 is 0 Å². The predicted molar refractivity (Wildman–Crippen MR) is 38.9 cm³/mol. The number of H-pyrrole nitrogens is 2. The Labute approximate surface area is 84.1 Å². The standard InChI is InChI=1S/C4H4N6.Na.H/c1-2-5-6-3(1)4-7-9-10-8-4;;/h1-2H,(H,5,6)(H,7,8,9,10);;. The van der Waals surface area contributed by atoms with E-state index >= 15 is 0 Å². The van der Waals surface area contributed by atoms with E-state index in [0.29, 0.717) is 11.5 Å². The molecule has 2 heterocycles. The summed E-state index contributed by atoms with van der Waals surface area (Å²) in [6, 6.07) is 1.78. The van der Waals surface area contributed by atoms with Crippen molar-refractivity contribution in [2.24, 2.45) is 0 Å². The van der Waals surface area contributed by atoms with Crippen LogP contribution in [0.1, 0.15) is 0 Å². The quantitative estimate of drug-likeness (QED) is 0.521. The number of aromatic amines is 2. The van der Waals surface area contributed by atoms with Crippen molar-refractivity contribution in [3.63, 3.8) is 0 Å². The van der Waals surface area contributed by atoms with Crippen LogP contribution in [-0.2, 0) is 0 Å². The van der Waals surface area contributed by atoms with Gasteiger partial charge in [-0.2, -0.15) is 5.10 Å². The molecule has 7 heteroatoms. The third-order valence-electron chi connectivity index (χ3n) is 1.09. The van der Waals surface area contributed by atoms with Gasteiger partial charge in [0.25, 0.3) is 0 Å². The van der Waals surface area contributed by atoms with Crippen molar-refractivity contribution in [1.29, 1.82) is 0 Å². The summed E-state index contributed by atoms with van der Waals surface area (Å²) in [7, 11) is 0. The second-order valence-electron chi connectivity index (χ2n) is 1.71. The van der Waals surface area contributed by atoms with Crippen molar-refractivity contribution in [3.05, 3.63) is 12.3 Å². The molecule has 0 saturated carbocycles. The second-order valence-corrected chi connectivity index (χ2v) is 1.71. The second kappa shape index (κ2) is 3.61. The molecular formula is C4H5N6Na. The number of nitrogens with one attached hydrogen (secondary N) is 2. The molecule has 0 radical (unpaired) electrons. The molecule has 0 fully saturated rings. The van der Waals surface area contributed by atoms with Crippen molar-refractivity contribution in [2.75, 3.05) is 0 Å². The van der Waals surface area contributed by atoms with Crippen molar-refractivity contribution >= 4 is 29.6 Å². The van der Waals surface area contributed by atoms with Crippen LogP contribution in [0, 0.1) is 0 Å². The maximum absolute atomic E-state index is 3.86. The van der Waals surface area contributed by atoms with Gasteiger partial charge >= 0.3 is 29.6 Å². The summed E-state index contributed by atoms with van der Waals surface area (Å²) in [5, 5.41) is 19.6. The normalized spacial score (nSPS) is 9.09. The zero-order valence-corrected chi connectivity index (χ0v) is 4.94. The van der Waals surface area contributed by atoms with E-state index in [4.69, 9.17) is 0 Å². The number of hydrogen-bond acceptors (Lipinski definition) is 4. The van der Waals surface area contributed by atoms with Crippen LogP contribution in [0.2, 0.25) is 0 Å². The van der Waals surface area contributed by atoms with Gasteiger partial charge in [0.2, 0.25) is 0 Å². The van der Waals surface area contributed by atoms with Gasteiger partial charge in [-0.15, -0.1) is 5.10 Å². The van der Waals surface area contributed by atoms with Crippen LogP contribution in [0.3, 0.4) is 0 Å². The Kier molecular flexibility index (Phi) is 2.75. The fourth-order valence-electron chi connectivity index (χ4n) is 0.660. The van der Waals surface area contributed by atoms with Crippen molar-refractivity contribution in [1.82, 2.24) is 30.8 Å². The molecule has 0 bridgehead atoms. The van der Waals surface area contributed by atoms with Gasteiger partial charge in [-0.25, -0.2) is 5.10 Å². The van der Waals surface area contributed by atoms with E-state index in [0.717, 1.165) is 0 Å². The fraction of sp³-hybridized carbons (Fsp3) is 0. The molecule has 0 spiro atoms. The molecule has 0 saturated heterocycles. The molecule has 2 N–H and O–H groups in total. The summed E-state index contributed by atoms with van der Waals surface area (Å²) in [6.45, 7) is 0. The Hall–Kier alpha value is -0.720. The van der Waals surface area contributed by atoms with Crippen molar-refractivity contribution in [2.45, 2.75) is 0 Å². The molecule has 0 aliphatic heterocycles. The third kappa shape index (κ3) is 1.65. The van der Waals surface area contributed by atoms with E-state index < -0.39 is 0 Å². The van der Waals surface area contributed by atoms with Gasteiger partial charge in [0, 0.05) is 6.20 Å². The largest absolute Gasteiger partial charge is 0.285 e. The van der Waals surface area contributed by atoms with Gasteiger partial charge in [0.05, 0.1) is 0 Å². The summed E-state index contributed by atoms with van der Waals surface area (Å²) in [5.74, 6) is 0.571. The average molecular weight is 160 g/mol. The van der Waals surface area contributed by atoms with E-state index in [1.807, 2.05) is 0 Å². The Bertz CT molecular complexity index is 254. The molecule has 6 nitrogen and oxygen atoms in total. The van der Waals surface area contributed by atoms with Crippen LogP contribution in [0.5, 0.6) is 0 Å². The summed E-state index contributed by atoms with van der Waals surface area (Å²) in [4.78, 5) is 0. The first-order chi connectivity index (χ1) is 4.97. The number of tetrazole rings is 1. The number of hydrogen-bond donors (Lipinski definition) is 2.